The lowest BCUT2D eigenvalue weighted by atomic mass is 9.86. The number of carbonyl (C=O) groups is 2. The SMILES string of the molecule is CSc1cccc(Oc2ncc(F)cc2C(=O)NC2CCC(C(=O)O)CC2)c1. The van der Waals surface area contributed by atoms with Crippen LogP contribution in [0.25, 0.3) is 0 Å². The molecule has 1 aromatic carbocycles. The zero-order valence-corrected chi connectivity index (χ0v) is 16.2. The van der Waals surface area contributed by atoms with Crippen LogP contribution < -0.4 is 10.1 Å². The van der Waals surface area contributed by atoms with Gasteiger partial charge in [0.2, 0.25) is 5.88 Å². The highest BCUT2D eigenvalue weighted by atomic mass is 32.2. The van der Waals surface area contributed by atoms with Gasteiger partial charge < -0.3 is 15.2 Å². The molecule has 3 rings (SSSR count). The van der Waals surface area contributed by atoms with Gasteiger partial charge in [-0.1, -0.05) is 6.07 Å². The lowest BCUT2D eigenvalue weighted by molar-refractivity contribution is -0.142. The number of amides is 1. The van der Waals surface area contributed by atoms with Crippen LogP contribution >= 0.6 is 11.8 Å². The van der Waals surface area contributed by atoms with Crippen molar-refractivity contribution in [3.05, 3.63) is 47.9 Å². The summed E-state index contributed by atoms with van der Waals surface area (Å²) >= 11 is 1.55. The van der Waals surface area contributed by atoms with Gasteiger partial charge in [0.15, 0.2) is 0 Å². The molecule has 1 aromatic heterocycles. The molecular formula is C20H21FN2O4S. The lowest BCUT2D eigenvalue weighted by Gasteiger charge is -2.27. The molecule has 0 saturated heterocycles. The Morgan fingerprint density at radius 1 is 1.25 bits per heavy atom. The normalized spacial score (nSPS) is 19.1. The first kappa shape index (κ1) is 20.1. The summed E-state index contributed by atoms with van der Waals surface area (Å²) in [7, 11) is 0. The van der Waals surface area contributed by atoms with E-state index in [0.29, 0.717) is 31.4 Å². The van der Waals surface area contributed by atoms with Crippen molar-refractivity contribution in [3.63, 3.8) is 0 Å². The number of halogens is 1. The molecule has 0 unspecified atom stereocenters. The quantitative estimate of drug-likeness (QED) is 0.705. The van der Waals surface area contributed by atoms with Crippen molar-refractivity contribution in [2.24, 2.45) is 5.92 Å². The number of aromatic nitrogens is 1. The minimum absolute atomic E-state index is 0.00918. The van der Waals surface area contributed by atoms with E-state index >= 15 is 0 Å². The highest BCUT2D eigenvalue weighted by Gasteiger charge is 2.28. The van der Waals surface area contributed by atoms with Crippen molar-refractivity contribution in [2.45, 2.75) is 36.6 Å². The van der Waals surface area contributed by atoms with Crippen LogP contribution in [0.4, 0.5) is 4.39 Å². The second-order valence-corrected chi connectivity index (χ2v) is 7.53. The van der Waals surface area contributed by atoms with Gasteiger partial charge in [0.05, 0.1) is 12.1 Å². The maximum absolute atomic E-state index is 13.7. The predicted octanol–water partition coefficient (Wildman–Crippen LogP) is 4.11. The van der Waals surface area contributed by atoms with E-state index in [-0.39, 0.29) is 23.4 Å². The Balaban J connectivity index is 1.73. The van der Waals surface area contributed by atoms with E-state index in [2.05, 4.69) is 10.3 Å². The van der Waals surface area contributed by atoms with Crippen molar-refractivity contribution in [2.75, 3.05) is 6.26 Å². The number of carbonyl (C=O) groups excluding carboxylic acids is 1. The van der Waals surface area contributed by atoms with Gasteiger partial charge in [0, 0.05) is 10.9 Å². The Kier molecular flexibility index (Phi) is 6.51. The second-order valence-electron chi connectivity index (χ2n) is 6.65. The van der Waals surface area contributed by atoms with Crippen molar-refractivity contribution < 1.29 is 23.8 Å². The van der Waals surface area contributed by atoms with Crippen molar-refractivity contribution >= 4 is 23.6 Å². The molecule has 1 heterocycles. The third-order valence-electron chi connectivity index (χ3n) is 4.73. The topological polar surface area (TPSA) is 88.5 Å². The zero-order chi connectivity index (χ0) is 20.1. The first-order chi connectivity index (χ1) is 13.5. The van der Waals surface area contributed by atoms with Gasteiger partial charge >= 0.3 is 5.97 Å². The highest BCUT2D eigenvalue weighted by Crippen LogP contribution is 2.28. The molecule has 0 aliphatic heterocycles. The molecule has 28 heavy (non-hydrogen) atoms. The molecule has 2 N–H and O–H groups in total. The van der Waals surface area contributed by atoms with Crippen molar-refractivity contribution in [3.8, 4) is 11.6 Å². The number of ether oxygens (including phenoxy) is 1. The number of carboxylic acids is 1. The first-order valence-electron chi connectivity index (χ1n) is 8.97. The summed E-state index contributed by atoms with van der Waals surface area (Å²) in [6, 6.07) is 8.24. The van der Waals surface area contributed by atoms with Gasteiger partial charge in [0.25, 0.3) is 5.91 Å². The van der Waals surface area contributed by atoms with E-state index in [1.54, 1.807) is 17.8 Å². The third-order valence-corrected chi connectivity index (χ3v) is 5.46. The number of pyridine rings is 1. The van der Waals surface area contributed by atoms with Crippen LogP contribution in [0.1, 0.15) is 36.0 Å². The molecule has 1 aliphatic rings. The number of rotatable bonds is 6. The summed E-state index contributed by atoms with van der Waals surface area (Å²) in [6.07, 6.45) is 5.09. The molecule has 0 bridgehead atoms. The molecule has 1 aliphatic carbocycles. The van der Waals surface area contributed by atoms with E-state index in [0.717, 1.165) is 17.2 Å². The van der Waals surface area contributed by atoms with E-state index in [1.807, 2.05) is 24.5 Å². The highest BCUT2D eigenvalue weighted by molar-refractivity contribution is 7.98. The summed E-state index contributed by atoms with van der Waals surface area (Å²) in [6.45, 7) is 0. The molecule has 148 valence electrons. The van der Waals surface area contributed by atoms with Gasteiger partial charge in [-0.3, -0.25) is 9.59 Å². The molecule has 0 spiro atoms. The average Bonchev–Trinajstić information content (AvgIpc) is 2.70. The molecule has 1 fully saturated rings. The molecule has 2 aromatic rings. The summed E-state index contributed by atoms with van der Waals surface area (Å²) in [4.78, 5) is 28.7. The van der Waals surface area contributed by atoms with Crippen LogP contribution in [0.5, 0.6) is 11.6 Å². The van der Waals surface area contributed by atoms with Crippen LogP contribution in [0, 0.1) is 11.7 Å². The monoisotopic (exact) mass is 404 g/mol. The van der Waals surface area contributed by atoms with E-state index in [1.165, 1.54) is 0 Å². The number of nitrogens with zero attached hydrogens (tertiary/aromatic N) is 1. The van der Waals surface area contributed by atoms with Gasteiger partial charge in [-0.05, 0) is 56.2 Å². The maximum Gasteiger partial charge on any atom is 0.306 e. The number of aliphatic carboxylic acids is 1. The average molecular weight is 404 g/mol. The number of hydrogen-bond acceptors (Lipinski definition) is 5. The second kappa shape index (κ2) is 9.05. The van der Waals surface area contributed by atoms with Gasteiger partial charge in [-0.15, -0.1) is 11.8 Å². The van der Waals surface area contributed by atoms with E-state index in [4.69, 9.17) is 9.84 Å². The summed E-state index contributed by atoms with van der Waals surface area (Å²) in [5.74, 6) is -1.76. The smallest absolute Gasteiger partial charge is 0.306 e. The van der Waals surface area contributed by atoms with Crippen LogP contribution in [-0.4, -0.2) is 34.3 Å². The molecule has 6 nitrogen and oxygen atoms in total. The summed E-state index contributed by atoms with van der Waals surface area (Å²) in [5.41, 5.74) is 0.00918. The largest absolute Gasteiger partial charge is 0.481 e. The Morgan fingerprint density at radius 2 is 2.00 bits per heavy atom. The number of nitrogens with one attached hydrogen (secondary N) is 1. The third kappa shape index (κ3) is 5.01. The fourth-order valence-electron chi connectivity index (χ4n) is 3.19. The van der Waals surface area contributed by atoms with E-state index < -0.39 is 17.7 Å². The Hall–Kier alpha value is -2.61. The Bertz CT molecular complexity index is 869. The fraction of sp³-hybridized carbons (Fsp3) is 0.350. The van der Waals surface area contributed by atoms with Crippen LogP contribution in [0.3, 0.4) is 0 Å². The number of thioether (sulfide) groups is 1. The lowest BCUT2D eigenvalue weighted by Crippen LogP contribution is -2.38. The predicted molar refractivity (Wildman–Crippen MR) is 103 cm³/mol. The van der Waals surface area contributed by atoms with E-state index in [9.17, 15) is 14.0 Å². The van der Waals surface area contributed by atoms with Gasteiger partial charge in [0.1, 0.15) is 17.1 Å². The molecule has 1 amide bonds. The van der Waals surface area contributed by atoms with Crippen LogP contribution in [-0.2, 0) is 4.79 Å². The standard InChI is InChI=1S/C20H21FN2O4S/c1-28-16-4-2-3-15(10-16)27-19-17(9-13(21)11-22-19)18(24)23-14-7-5-12(6-8-14)20(25)26/h2-4,9-12,14H,5-8H2,1H3,(H,23,24)(H,25,26). The number of benzene rings is 1. The zero-order valence-electron chi connectivity index (χ0n) is 15.4. The fourth-order valence-corrected chi connectivity index (χ4v) is 3.64. The minimum atomic E-state index is -0.803. The molecule has 0 atom stereocenters. The number of carboxylic acid groups (broad SMARTS) is 1. The van der Waals surface area contributed by atoms with Gasteiger partial charge in [-0.25, -0.2) is 9.37 Å². The molecule has 1 saturated carbocycles. The Morgan fingerprint density at radius 3 is 2.68 bits per heavy atom. The molecule has 0 radical (unpaired) electrons. The maximum atomic E-state index is 13.7. The first-order valence-corrected chi connectivity index (χ1v) is 10.2. The number of hydrogen-bond donors (Lipinski definition) is 2. The molecule has 8 heteroatoms. The van der Waals surface area contributed by atoms with Crippen LogP contribution in [0.2, 0.25) is 0 Å². The van der Waals surface area contributed by atoms with Crippen molar-refractivity contribution in [1.82, 2.24) is 10.3 Å². The minimum Gasteiger partial charge on any atom is -0.481 e. The molecular weight excluding hydrogens is 383 g/mol. The summed E-state index contributed by atoms with van der Waals surface area (Å²) in [5, 5.41) is 11.9. The Labute approximate surface area is 166 Å². The van der Waals surface area contributed by atoms with Crippen molar-refractivity contribution in [1.29, 1.82) is 0 Å². The van der Waals surface area contributed by atoms with Crippen LogP contribution in [0.15, 0.2) is 41.4 Å². The summed E-state index contributed by atoms with van der Waals surface area (Å²) < 4.78 is 19.5. The van der Waals surface area contributed by atoms with Gasteiger partial charge in [-0.2, -0.15) is 0 Å².